The predicted octanol–water partition coefficient (Wildman–Crippen LogP) is 21.2. The summed E-state index contributed by atoms with van der Waals surface area (Å²) in [6, 6.07) is -0.537. The Morgan fingerprint density at radius 1 is 0.370 bits per heavy atom. The highest BCUT2D eigenvalue weighted by Crippen LogP contribution is 2.18. The van der Waals surface area contributed by atoms with E-state index >= 15 is 0 Å². The lowest BCUT2D eigenvalue weighted by molar-refractivity contribution is -0.143. The van der Waals surface area contributed by atoms with Crippen molar-refractivity contribution >= 4 is 11.9 Å². The third-order valence-electron chi connectivity index (χ3n) is 15.8. The summed E-state index contributed by atoms with van der Waals surface area (Å²) in [5.41, 5.74) is 0. The Bertz CT molecular complexity index is 1100. The van der Waals surface area contributed by atoms with Crippen molar-refractivity contribution in [1.82, 2.24) is 5.32 Å². The number of aliphatic hydroxyl groups excluding tert-OH is 2. The van der Waals surface area contributed by atoms with Crippen LogP contribution < -0.4 is 5.32 Å². The summed E-state index contributed by atoms with van der Waals surface area (Å²) in [4.78, 5) is 24.5. The summed E-state index contributed by atoms with van der Waals surface area (Å²) in [7, 11) is 0. The number of carbonyl (C=O) groups is 2. The maximum Gasteiger partial charge on any atom is 0.305 e. The lowest BCUT2D eigenvalue weighted by atomic mass is 10.0. The van der Waals surface area contributed by atoms with E-state index in [2.05, 4.69) is 31.3 Å². The molecule has 0 heterocycles. The number of hydrogen-bond acceptors (Lipinski definition) is 5. The fraction of sp³-hybridized carbons (Fsp3) is 0.940. The van der Waals surface area contributed by atoms with E-state index in [1.54, 1.807) is 0 Å². The third-order valence-corrected chi connectivity index (χ3v) is 15.8. The van der Waals surface area contributed by atoms with Crippen molar-refractivity contribution < 1.29 is 24.5 Å². The van der Waals surface area contributed by atoms with Crippen molar-refractivity contribution in [2.24, 2.45) is 0 Å². The van der Waals surface area contributed by atoms with Gasteiger partial charge in [-0.2, -0.15) is 0 Å². The molecule has 0 aliphatic rings. The van der Waals surface area contributed by atoms with Gasteiger partial charge in [-0.15, -0.1) is 0 Å². The Balaban J connectivity index is 3.32. The Morgan fingerprint density at radius 3 is 0.973 bits per heavy atom. The monoisotopic (exact) mass is 1030 g/mol. The van der Waals surface area contributed by atoms with Crippen LogP contribution in [0, 0.1) is 0 Å². The lowest BCUT2D eigenvalue weighted by Gasteiger charge is -2.22. The topological polar surface area (TPSA) is 95.9 Å². The zero-order chi connectivity index (χ0) is 52.9. The fourth-order valence-corrected chi connectivity index (χ4v) is 10.7. The van der Waals surface area contributed by atoms with Gasteiger partial charge in [-0.05, 0) is 51.4 Å². The van der Waals surface area contributed by atoms with E-state index in [1.807, 2.05) is 0 Å². The molecule has 0 saturated heterocycles. The number of unbranched alkanes of at least 4 members (excludes halogenated alkanes) is 50. The molecule has 6 nitrogen and oxygen atoms in total. The smallest absolute Gasteiger partial charge is 0.305 e. The summed E-state index contributed by atoms with van der Waals surface area (Å²) in [6.07, 6.45) is 76.9. The minimum atomic E-state index is -0.660. The van der Waals surface area contributed by atoms with Gasteiger partial charge in [-0.1, -0.05) is 328 Å². The predicted molar refractivity (Wildman–Crippen MR) is 320 cm³/mol. The fourth-order valence-electron chi connectivity index (χ4n) is 10.7. The first kappa shape index (κ1) is 71.6. The highest BCUT2D eigenvalue weighted by atomic mass is 16.5. The minimum absolute atomic E-state index is 0.0206. The van der Waals surface area contributed by atoms with E-state index < -0.39 is 12.1 Å². The van der Waals surface area contributed by atoms with Crippen LogP contribution in [0.5, 0.6) is 0 Å². The normalized spacial score (nSPS) is 12.5. The first-order valence-corrected chi connectivity index (χ1v) is 33.4. The maximum absolute atomic E-state index is 12.5. The van der Waals surface area contributed by atoms with Gasteiger partial charge < -0.3 is 20.3 Å². The number of rotatable bonds is 63. The van der Waals surface area contributed by atoms with Crippen molar-refractivity contribution in [3.63, 3.8) is 0 Å². The van der Waals surface area contributed by atoms with E-state index in [4.69, 9.17) is 4.74 Å². The number of esters is 1. The van der Waals surface area contributed by atoms with E-state index in [0.717, 1.165) is 38.5 Å². The molecule has 3 N–H and O–H groups in total. The molecule has 2 atom stereocenters. The van der Waals surface area contributed by atoms with Gasteiger partial charge in [0.1, 0.15) is 0 Å². The van der Waals surface area contributed by atoms with Gasteiger partial charge in [0.2, 0.25) is 5.91 Å². The average molecular weight is 1030 g/mol. The highest BCUT2D eigenvalue weighted by molar-refractivity contribution is 5.76. The van der Waals surface area contributed by atoms with Gasteiger partial charge in [0.05, 0.1) is 25.4 Å². The molecule has 0 aromatic heterocycles. The Kier molecular flexibility index (Phi) is 61.9. The molecular formula is C67H131NO5. The number of aliphatic hydroxyl groups is 2. The zero-order valence-corrected chi connectivity index (χ0v) is 49.6. The van der Waals surface area contributed by atoms with E-state index in [-0.39, 0.29) is 18.5 Å². The lowest BCUT2D eigenvalue weighted by Crippen LogP contribution is -2.45. The molecule has 0 fully saturated rings. The number of carbonyl (C=O) groups excluding carboxylic acids is 2. The third kappa shape index (κ3) is 59.7. The first-order valence-electron chi connectivity index (χ1n) is 33.4. The molecule has 0 aliphatic heterocycles. The Morgan fingerprint density at radius 2 is 0.644 bits per heavy atom. The van der Waals surface area contributed by atoms with Crippen molar-refractivity contribution in [2.75, 3.05) is 13.2 Å². The average Bonchev–Trinajstić information content (AvgIpc) is 3.39. The standard InChI is InChI=1S/C67H131NO5/c1-3-5-7-9-11-13-15-16-37-41-45-49-53-57-61-67(72)73-62-58-54-50-46-42-38-35-33-31-29-27-25-23-21-19-17-18-20-22-24-26-28-30-32-34-36-40-44-48-52-56-60-66(71)68-64(63-69)65(70)59-55-51-47-43-39-14-12-10-8-6-4-2/h19,21,64-65,69-70H,3-18,20,22-63H2,1-2H3,(H,68,71)/b21-19-. The van der Waals surface area contributed by atoms with E-state index in [1.165, 1.54) is 308 Å². The second kappa shape index (κ2) is 63.1. The second-order valence-corrected chi connectivity index (χ2v) is 23.2. The summed E-state index contributed by atoms with van der Waals surface area (Å²) < 4.78 is 5.49. The summed E-state index contributed by atoms with van der Waals surface area (Å²) in [6.45, 7) is 4.98. The van der Waals surface area contributed by atoms with Crippen LogP contribution in [0.3, 0.4) is 0 Å². The van der Waals surface area contributed by atoms with Gasteiger partial charge >= 0.3 is 5.97 Å². The van der Waals surface area contributed by atoms with Gasteiger partial charge in [-0.25, -0.2) is 0 Å². The van der Waals surface area contributed by atoms with Crippen molar-refractivity contribution in [1.29, 1.82) is 0 Å². The SMILES string of the molecule is CCCCCCCCCCCCCCCCC(=O)OCCCCCCCCCCCCCC/C=C\CCCCCCCCCCCCCCCCCC(=O)NC(CO)C(O)CCCCCCCCCCCCC. The minimum Gasteiger partial charge on any atom is -0.466 e. The Hall–Kier alpha value is -1.40. The van der Waals surface area contributed by atoms with Crippen molar-refractivity contribution in [3.8, 4) is 0 Å². The molecule has 0 radical (unpaired) electrons. The van der Waals surface area contributed by atoms with Crippen LogP contribution in [-0.4, -0.2) is 47.4 Å². The number of ether oxygens (including phenoxy) is 1. The maximum atomic E-state index is 12.5. The van der Waals surface area contributed by atoms with Crippen LogP contribution in [-0.2, 0) is 14.3 Å². The van der Waals surface area contributed by atoms with Crippen LogP contribution in [0.25, 0.3) is 0 Å². The summed E-state index contributed by atoms with van der Waals surface area (Å²) >= 11 is 0. The van der Waals surface area contributed by atoms with Crippen LogP contribution in [0.15, 0.2) is 12.2 Å². The largest absolute Gasteiger partial charge is 0.466 e. The highest BCUT2D eigenvalue weighted by Gasteiger charge is 2.20. The first-order chi connectivity index (χ1) is 36.0. The summed E-state index contributed by atoms with van der Waals surface area (Å²) in [5.74, 6) is -0.0113. The second-order valence-electron chi connectivity index (χ2n) is 23.2. The van der Waals surface area contributed by atoms with Gasteiger partial charge in [-0.3, -0.25) is 9.59 Å². The number of nitrogens with one attached hydrogen (secondary N) is 1. The molecule has 6 heteroatoms. The Labute approximate surface area is 457 Å². The number of hydrogen-bond donors (Lipinski definition) is 3. The van der Waals surface area contributed by atoms with Crippen LogP contribution in [0.2, 0.25) is 0 Å². The molecule has 434 valence electrons. The van der Waals surface area contributed by atoms with E-state index in [0.29, 0.717) is 25.9 Å². The molecule has 0 spiro atoms. The zero-order valence-electron chi connectivity index (χ0n) is 49.6. The molecule has 0 aliphatic carbocycles. The molecule has 0 aromatic rings. The molecule has 0 rings (SSSR count). The van der Waals surface area contributed by atoms with Gasteiger partial charge in [0.15, 0.2) is 0 Å². The van der Waals surface area contributed by atoms with Crippen molar-refractivity contribution in [2.45, 2.75) is 392 Å². The molecular weight excluding hydrogens is 899 g/mol. The quantitative estimate of drug-likeness (QED) is 0.0320. The van der Waals surface area contributed by atoms with E-state index in [9.17, 15) is 19.8 Å². The van der Waals surface area contributed by atoms with Crippen LogP contribution in [0.1, 0.15) is 380 Å². The molecule has 73 heavy (non-hydrogen) atoms. The van der Waals surface area contributed by atoms with Gasteiger partial charge in [0.25, 0.3) is 0 Å². The number of amides is 1. The molecule has 1 amide bonds. The van der Waals surface area contributed by atoms with Crippen molar-refractivity contribution in [3.05, 3.63) is 12.2 Å². The molecule has 2 unspecified atom stereocenters. The van der Waals surface area contributed by atoms with Gasteiger partial charge in [0, 0.05) is 12.8 Å². The summed E-state index contributed by atoms with van der Waals surface area (Å²) in [5, 5.41) is 23.2. The molecule has 0 bridgehead atoms. The number of allylic oxidation sites excluding steroid dienone is 2. The molecule has 0 aromatic carbocycles. The molecule has 0 saturated carbocycles. The van der Waals surface area contributed by atoms with Crippen LogP contribution >= 0.6 is 0 Å². The van der Waals surface area contributed by atoms with Crippen LogP contribution in [0.4, 0.5) is 0 Å².